The summed E-state index contributed by atoms with van der Waals surface area (Å²) >= 11 is 11.7. The molecule has 0 spiro atoms. The van der Waals surface area contributed by atoms with E-state index in [1.807, 2.05) is 0 Å². The maximum absolute atomic E-state index is 11.8. The second-order valence-electron chi connectivity index (χ2n) is 4.27. The van der Waals surface area contributed by atoms with Gasteiger partial charge in [0.2, 0.25) is 0 Å². The number of ether oxygens (including phenoxy) is 2. The topological polar surface area (TPSA) is 108 Å². The van der Waals surface area contributed by atoms with Crippen LogP contribution in [0.4, 0.5) is 4.79 Å². The highest BCUT2D eigenvalue weighted by molar-refractivity contribution is 6.35. The van der Waals surface area contributed by atoms with Crippen LogP contribution < -0.4 is 15.8 Å². The number of amides is 3. The van der Waals surface area contributed by atoms with Crippen molar-refractivity contribution in [1.82, 2.24) is 5.32 Å². The average molecular weight is 349 g/mol. The fourth-order valence-electron chi connectivity index (χ4n) is 1.36. The third-order valence-corrected chi connectivity index (χ3v) is 2.97. The predicted molar refractivity (Wildman–Crippen MR) is 79.8 cm³/mol. The Balaban J connectivity index is 2.61. The van der Waals surface area contributed by atoms with Crippen LogP contribution >= 0.6 is 23.2 Å². The minimum atomic E-state index is -1.20. The monoisotopic (exact) mass is 348 g/mol. The quantitative estimate of drug-likeness (QED) is 0.790. The van der Waals surface area contributed by atoms with Crippen LogP contribution in [0.5, 0.6) is 5.75 Å². The van der Waals surface area contributed by atoms with Crippen molar-refractivity contribution in [1.29, 1.82) is 0 Å². The average Bonchev–Trinajstić information content (AvgIpc) is 2.40. The Kier molecular flexibility index (Phi) is 6.45. The van der Waals surface area contributed by atoms with Gasteiger partial charge in [0.25, 0.3) is 5.91 Å². The van der Waals surface area contributed by atoms with Crippen LogP contribution in [-0.4, -0.2) is 30.1 Å². The molecule has 0 saturated carbocycles. The Hall–Kier alpha value is -1.99. The first-order valence-electron chi connectivity index (χ1n) is 6.13. The number of urea groups is 1. The Labute approximate surface area is 136 Å². The van der Waals surface area contributed by atoms with Crippen molar-refractivity contribution in [2.45, 2.75) is 26.1 Å². The summed E-state index contributed by atoms with van der Waals surface area (Å²) in [6.45, 7) is 2.71. The van der Waals surface area contributed by atoms with Gasteiger partial charge in [-0.05, 0) is 32.0 Å². The first-order chi connectivity index (χ1) is 10.2. The summed E-state index contributed by atoms with van der Waals surface area (Å²) < 4.78 is 10.2. The van der Waals surface area contributed by atoms with Crippen molar-refractivity contribution in [2.24, 2.45) is 5.73 Å². The van der Waals surface area contributed by atoms with Crippen molar-refractivity contribution in [3.05, 3.63) is 28.2 Å². The molecule has 0 aliphatic carbocycles. The lowest BCUT2D eigenvalue weighted by molar-refractivity contribution is -0.160. The Bertz CT molecular complexity index is 594. The zero-order valence-corrected chi connectivity index (χ0v) is 13.3. The SMILES string of the molecule is C[C@H](Oc1ccc(Cl)cc1Cl)C(=O)O[C@H](C)C(=O)NC(N)=O. The second-order valence-corrected chi connectivity index (χ2v) is 5.11. The molecule has 3 N–H and O–H groups in total. The molecule has 7 nitrogen and oxygen atoms in total. The lowest BCUT2D eigenvalue weighted by atomic mass is 10.3. The van der Waals surface area contributed by atoms with Crippen molar-refractivity contribution in [3.8, 4) is 5.75 Å². The van der Waals surface area contributed by atoms with E-state index in [2.05, 4.69) is 0 Å². The molecule has 0 heterocycles. The van der Waals surface area contributed by atoms with Gasteiger partial charge in [0.05, 0.1) is 5.02 Å². The summed E-state index contributed by atoms with van der Waals surface area (Å²) in [4.78, 5) is 33.7. The van der Waals surface area contributed by atoms with Crippen LogP contribution in [0.15, 0.2) is 18.2 Å². The second kappa shape index (κ2) is 7.86. The first-order valence-corrected chi connectivity index (χ1v) is 6.88. The fourth-order valence-corrected chi connectivity index (χ4v) is 1.81. The molecule has 0 unspecified atom stereocenters. The largest absolute Gasteiger partial charge is 0.477 e. The summed E-state index contributed by atoms with van der Waals surface area (Å²) in [7, 11) is 0. The number of halogens is 2. The zero-order valence-electron chi connectivity index (χ0n) is 11.8. The molecular weight excluding hydrogens is 335 g/mol. The summed E-state index contributed by atoms with van der Waals surface area (Å²) in [5.41, 5.74) is 4.79. The third kappa shape index (κ3) is 5.42. The predicted octanol–water partition coefficient (Wildman–Crippen LogP) is 1.89. The summed E-state index contributed by atoms with van der Waals surface area (Å²) in [6.07, 6.45) is -2.23. The van der Waals surface area contributed by atoms with Gasteiger partial charge in [0.15, 0.2) is 12.2 Å². The van der Waals surface area contributed by atoms with Gasteiger partial charge in [-0.3, -0.25) is 10.1 Å². The van der Waals surface area contributed by atoms with Crippen molar-refractivity contribution >= 4 is 41.1 Å². The van der Waals surface area contributed by atoms with E-state index < -0.39 is 30.1 Å². The number of hydrogen-bond donors (Lipinski definition) is 2. The van der Waals surface area contributed by atoms with Gasteiger partial charge in [-0.15, -0.1) is 0 Å². The molecule has 120 valence electrons. The van der Waals surface area contributed by atoms with Gasteiger partial charge in [-0.2, -0.15) is 0 Å². The van der Waals surface area contributed by atoms with Crippen molar-refractivity contribution in [3.63, 3.8) is 0 Å². The Morgan fingerprint density at radius 2 is 1.82 bits per heavy atom. The summed E-state index contributed by atoms with van der Waals surface area (Å²) in [5, 5.41) is 2.45. The number of carbonyl (C=O) groups is 3. The van der Waals surface area contributed by atoms with E-state index >= 15 is 0 Å². The van der Waals surface area contributed by atoms with Gasteiger partial charge in [-0.1, -0.05) is 23.2 Å². The molecule has 0 fully saturated rings. The normalized spacial score (nSPS) is 12.9. The Morgan fingerprint density at radius 1 is 1.18 bits per heavy atom. The molecule has 2 atom stereocenters. The molecular formula is C13H14Cl2N2O5. The molecule has 9 heteroatoms. The van der Waals surface area contributed by atoms with E-state index in [4.69, 9.17) is 38.4 Å². The lowest BCUT2D eigenvalue weighted by Gasteiger charge is -2.17. The molecule has 3 amide bonds. The lowest BCUT2D eigenvalue weighted by Crippen LogP contribution is -2.43. The molecule has 1 aromatic carbocycles. The van der Waals surface area contributed by atoms with E-state index in [0.717, 1.165) is 0 Å². The first kappa shape index (κ1) is 18.1. The van der Waals surface area contributed by atoms with E-state index in [1.165, 1.54) is 26.0 Å². The third-order valence-electron chi connectivity index (χ3n) is 2.44. The summed E-state index contributed by atoms with van der Waals surface area (Å²) in [6, 6.07) is 3.46. The van der Waals surface area contributed by atoms with Crippen LogP contribution in [0.3, 0.4) is 0 Å². The molecule has 0 bridgehead atoms. The van der Waals surface area contributed by atoms with Crippen molar-refractivity contribution in [2.75, 3.05) is 0 Å². The molecule has 0 radical (unpaired) electrons. The number of imide groups is 1. The van der Waals surface area contributed by atoms with Crippen LogP contribution in [0.2, 0.25) is 10.0 Å². The number of nitrogens with one attached hydrogen (secondary N) is 1. The van der Waals surface area contributed by atoms with Crippen LogP contribution in [0.1, 0.15) is 13.8 Å². The molecule has 1 rings (SSSR count). The number of carbonyl (C=O) groups excluding carboxylic acids is 3. The van der Waals surface area contributed by atoms with Gasteiger partial charge in [0.1, 0.15) is 5.75 Å². The number of primary amides is 1. The molecule has 1 aromatic rings. The van der Waals surface area contributed by atoms with Crippen LogP contribution in [0.25, 0.3) is 0 Å². The highest BCUT2D eigenvalue weighted by atomic mass is 35.5. The number of rotatable bonds is 5. The number of nitrogens with two attached hydrogens (primary N) is 1. The maximum atomic E-state index is 11.8. The van der Waals surface area contributed by atoms with Crippen LogP contribution in [0, 0.1) is 0 Å². The summed E-state index contributed by atoms with van der Waals surface area (Å²) in [5.74, 6) is -1.40. The molecule has 0 aliphatic rings. The van der Waals surface area contributed by atoms with Gasteiger partial charge >= 0.3 is 12.0 Å². The van der Waals surface area contributed by atoms with E-state index in [-0.39, 0.29) is 10.8 Å². The highest BCUT2D eigenvalue weighted by Gasteiger charge is 2.24. The zero-order chi connectivity index (χ0) is 16.9. The van der Waals surface area contributed by atoms with E-state index in [0.29, 0.717) is 5.02 Å². The van der Waals surface area contributed by atoms with Crippen molar-refractivity contribution < 1.29 is 23.9 Å². The standard InChI is InChI=1S/C13H14Cl2N2O5/c1-6(11(18)17-13(16)20)22-12(19)7(2)21-10-4-3-8(14)5-9(10)15/h3-7H,1-2H3,(H3,16,17,18,20)/t6-,7+/m1/s1. The molecule has 0 aliphatic heterocycles. The minimum Gasteiger partial charge on any atom is -0.477 e. The van der Waals surface area contributed by atoms with E-state index in [1.54, 1.807) is 11.4 Å². The molecule has 22 heavy (non-hydrogen) atoms. The molecule has 0 aromatic heterocycles. The van der Waals surface area contributed by atoms with Crippen LogP contribution in [-0.2, 0) is 14.3 Å². The number of hydrogen-bond acceptors (Lipinski definition) is 5. The highest BCUT2D eigenvalue weighted by Crippen LogP contribution is 2.28. The smallest absolute Gasteiger partial charge is 0.347 e. The van der Waals surface area contributed by atoms with Gasteiger partial charge < -0.3 is 15.2 Å². The minimum absolute atomic E-state index is 0.228. The molecule has 0 saturated heterocycles. The van der Waals surface area contributed by atoms with Gasteiger partial charge in [0, 0.05) is 5.02 Å². The maximum Gasteiger partial charge on any atom is 0.347 e. The van der Waals surface area contributed by atoms with Gasteiger partial charge in [-0.25, -0.2) is 9.59 Å². The Morgan fingerprint density at radius 3 is 2.36 bits per heavy atom. The fraction of sp³-hybridized carbons (Fsp3) is 0.308. The van der Waals surface area contributed by atoms with E-state index in [9.17, 15) is 14.4 Å². The number of benzene rings is 1. The number of esters is 1.